The first-order valence-electron chi connectivity index (χ1n) is 45.1. The number of unbranched alkanes of at least 4 members (excludes halogenated alkanes) is 59. The van der Waals surface area contributed by atoms with Crippen molar-refractivity contribution in [2.24, 2.45) is 5.92 Å². The minimum absolute atomic E-state index is 0.108. The molecule has 0 amide bonds. The number of rotatable bonds is 87. The zero-order valence-corrected chi connectivity index (χ0v) is 71.4. The molecular formula is C87H170O17P2. The van der Waals surface area contributed by atoms with E-state index in [0.29, 0.717) is 25.7 Å². The smallest absolute Gasteiger partial charge is 0.462 e. The molecular weight excluding hydrogens is 1380 g/mol. The lowest BCUT2D eigenvalue weighted by atomic mass is 10.0. The Balaban J connectivity index is 5.25. The highest BCUT2D eigenvalue weighted by atomic mass is 31.2. The van der Waals surface area contributed by atoms with E-state index >= 15 is 0 Å². The second-order valence-electron chi connectivity index (χ2n) is 31.8. The summed E-state index contributed by atoms with van der Waals surface area (Å²) in [4.78, 5) is 73.3. The number of phosphoric ester groups is 2. The van der Waals surface area contributed by atoms with Gasteiger partial charge in [0.1, 0.15) is 19.3 Å². The van der Waals surface area contributed by atoms with E-state index in [0.717, 1.165) is 95.8 Å². The average molecular weight is 1550 g/mol. The summed E-state index contributed by atoms with van der Waals surface area (Å²) in [7, 11) is -9.93. The van der Waals surface area contributed by atoms with Crippen LogP contribution in [-0.4, -0.2) is 96.7 Å². The summed E-state index contributed by atoms with van der Waals surface area (Å²) in [6.45, 7) is 7.36. The fourth-order valence-corrected chi connectivity index (χ4v) is 15.2. The minimum atomic E-state index is -4.97. The molecule has 0 aliphatic carbocycles. The Morgan fingerprint density at radius 3 is 0.642 bits per heavy atom. The van der Waals surface area contributed by atoms with Crippen molar-refractivity contribution >= 4 is 39.5 Å². The third-order valence-corrected chi connectivity index (χ3v) is 22.4. The van der Waals surface area contributed by atoms with Gasteiger partial charge in [-0.2, -0.15) is 0 Å². The number of hydrogen-bond acceptors (Lipinski definition) is 15. The van der Waals surface area contributed by atoms with Crippen LogP contribution in [0.5, 0.6) is 0 Å². The number of phosphoric acid groups is 2. The second kappa shape index (κ2) is 79.7. The van der Waals surface area contributed by atoms with Gasteiger partial charge in [0.2, 0.25) is 0 Å². The number of hydrogen-bond donors (Lipinski definition) is 3. The highest BCUT2D eigenvalue weighted by Crippen LogP contribution is 2.45. The van der Waals surface area contributed by atoms with Gasteiger partial charge in [-0.25, -0.2) is 9.13 Å². The zero-order valence-electron chi connectivity index (χ0n) is 69.6. The molecule has 0 saturated heterocycles. The molecule has 2 unspecified atom stereocenters. The van der Waals surface area contributed by atoms with Crippen LogP contribution < -0.4 is 0 Å². The maximum absolute atomic E-state index is 13.2. The van der Waals surface area contributed by atoms with Gasteiger partial charge in [-0.05, 0) is 31.6 Å². The lowest BCUT2D eigenvalue weighted by Gasteiger charge is -2.21. The van der Waals surface area contributed by atoms with E-state index in [2.05, 4.69) is 34.6 Å². The molecule has 0 spiro atoms. The van der Waals surface area contributed by atoms with Gasteiger partial charge >= 0.3 is 39.5 Å². The first-order chi connectivity index (χ1) is 51.5. The molecule has 0 aromatic heterocycles. The van der Waals surface area contributed by atoms with Crippen LogP contribution >= 0.6 is 15.6 Å². The van der Waals surface area contributed by atoms with Gasteiger partial charge in [-0.15, -0.1) is 0 Å². The van der Waals surface area contributed by atoms with Crippen molar-refractivity contribution < 1.29 is 80.2 Å². The minimum Gasteiger partial charge on any atom is -0.462 e. The molecule has 0 aromatic carbocycles. The number of ether oxygens (including phenoxy) is 4. The lowest BCUT2D eigenvalue weighted by Crippen LogP contribution is -2.30. The molecule has 0 fully saturated rings. The summed E-state index contributed by atoms with van der Waals surface area (Å²) in [6, 6.07) is 0. The van der Waals surface area contributed by atoms with E-state index in [4.69, 9.17) is 37.0 Å². The molecule has 17 nitrogen and oxygen atoms in total. The highest BCUT2D eigenvalue weighted by Gasteiger charge is 2.30. The third-order valence-electron chi connectivity index (χ3n) is 20.5. The van der Waals surface area contributed by atoms with Crippen LogP contribution in [0.1, 0.15) is 471 Å². The summed E-state index contributed by atoms with van der Waals surface area (Å²) in [5.41, 5.74) is 0. The molecule has 5 atom stereocenters. The van der Waals surface area contributed by atoms with Crippen LogP contribution in [0.25, 0.3) is 0 Å². The van der Waals surface area contributed by atoms with E-state index in [1.165, 1.54) is 295 Å². The van der Waals surface area contributed by atoms with E-state index in [1.54, 1.807) is 0 Å². The standard InChI is InChI=1S/C87H170O17P2/c1-6-9-12-15-18-21-24-27-30-33-34-35-36-38-41-44-47-52-58-63-68-73-86(91)103-82(76-97-84(89)70-65-60-55-50-45-42-40-37-31-28-25-22-19-16-13-10-7-2)78-101-105(93,94)99-74-81(88)75-100-106(95,96)102-79-83(77-98-85(90)71-66-61-56-53-48-49-54-59-64-69-80(4)5)104-87(92)72-67-62-57-51-46-43-39-32-29-26-23-20-17-14-11-8-3/h80-83,88H,6-79H2,1-5H3,(H,93,94)(H,95,96)/t81-,82-,83-/m1/s1. The molecule has 0 aliphatic heterocycles. The number of carbonyl (C=O) groups excluding carboxylic acids is 4. The molecule has 0 bridgehead atoms. The van der Waals surface area contributed by atoms with Gasteiger partial charge in [0, 0.05) is 25.7 Å². The molecule has 0 aliphatic rings. The van der Waals surface area contributed by atoms with Crippen LogP contribution in [0.15, 0.2) is 0 Å². The van der Waals surface area contributed by atoms with Gasteiger partial charge in [0.25, 0.3) is 0 Å². The van der Waals surface area contributed by atoms with E-state index < -0.39 is 97.5 Å². The molecule has 0 radical (unpaired) electrons. The van der Waals surface area contributed by atoms with Crippen LogP contribution in [-0.2, 0) is 65.4 Å². The topological polar surface area (TPSA) is 237 Å². The van der Waals surface area contributed by atoms with Crippen LogP contribution in [0.2, 0.25) is 0 Å². The quantitative estimate of drug-likeness (QED) is 0.0222. The molecule has 0 rings (SSSR count). The second-order valence-corrected chi connectivity index (χ2v) is 34.7. The van der Waals surface area contributed by atoms with E-state index in [1.807, 2.05) is 0 Å². The molecule has 0 aromatic rings. The van der Waals surface area contributed by atoms with Crippen molar-refractivity contribution in [3.8, 4) is 0 Å². The van der Waals surface area contributed by atoms with Crippen molar-refractivity contribution in [2.75, 3.05) is 39.6 Å². The third kappa shape index (κ3) is 80.1. The van der Waals surface area contributed by atoms with Crippen molar-refractivity contribution in [3.05, 3.63) is 0 Å². The molecule has 19 heteroatoms. The van der Waals surface area contributed by atoms with Gasteiger partial charge in [0.05, 0.1) is 26.4 Å². The van der Waals surface area contributed by atoms with Crippen molar-refractivity contribution in [3.63, 3.8) is 0 Å². The summed E-state index contributed by atoms with van der Waals surface area (Å²) >= 11 is 0. The predicted molar refractivity (Wildman–Crippen MR) is 437 cm³/mol. The van der Waals surface area contributed by atoms with E-state index in [9.17, 15) is 43.2 Å². The number of carbonyl (C=O) groups is 4. The van der Waals surface area contributed by atoms with Gasteiger partial charge in [-0.3, -0.25) is 37.3 Å². The number of aliphatic hydroxyl groups is 1. The van der Waals surface area contributed by atoms with Gasteiger partial charge in [0.15, 0.2) is 12.2 Å². The maximum Gasteiger partial charge on any atom is 0.472 e. The highest BCUT2D eigenvalue weighted by molar-refractivity contribution is 7.47. The molecule has 106 heavy (non-hydrogen) atoms. The Morgan fingerprint density at radius 1 is 0.255 bits per heavy atom. The summed E-state index contributed by atoms with van der Waals surface area (Å²) in [6.07, 6.45) is 73.6. The molecule has 3 N–H and O–H groups in total. The fourth-order valence-electron chi connectivity index (χ4n) is 13.6. The summed E-state index contributed by atoms with van der Waals surface area (Å²) in [5.74, 6) is -1.35. The number of aliphatic hydroxyl groups excluding tert-OH is 1. The first-order valence-corrected chi connectivity index (χ1v) is 48.1. The maximum atomic E-state index is 13.2. The van der Waals surface area contributed by atoms with Crippen molar-refractivity contribution in [1.82, 2.24) is 0 Å². The SMILES string of the molecule is CCCCCCCCCCCCCCCCCCCCCCCC(=O)O[C@H](COC(=O)CCCCCCCCCCCCCCCCCCC)COP(=O)(O)OC[C@@H](O)COP(=O)(O)OC[C@@H](COC(=O)CCCCCCCCCCCC(C)C)OC(=O)CCCCCCCCCCCCCCCCCC. The Bertz CT molecular complexity index is 2010. The molecule has 0 saturated carbocycles. The zero-order chi connectivity index (χ0) is 77.6. The molecule has 0 heterocycles. The van der Waals surface area contributed by atoms with Crippen LogP contribution in [0, 0.1) is 5.92 Å². The summed E-state index contributed by atoms with van der Waals surface area (Å²) in [5, 5.41) is 10.7. The Kier molecular flexibility index (Phi) is 78.2. The Hall–Kier alpha value is -1.94. The average Bonchev–Trinajstić information content (AvgIpc) is 0.901. The van der Waals surface area contributed by atoms with Crippen molar-refractivity contribution in [2.45, 2.75) is 490 Å². The molecule has 630 valence electrons. The first kappa shape index (κ1) is 104. The summed E-state index contributed by atoms with van der Waals surface area (Å²) < 4.78 is 69.0. The largest absolute Gasteiger partial charge is 0.472 e. The van der Waals surface area contributed by atoms with Gasteiger partial charge in [-0.1, -0.05) is 420 Å². The predicted octanol–water partition coefficient (Wildman–Crippen LogP) is 26.8. The Morgan fingerprint density at radius 2 is 0.434 bits per heavy atom. The normalized spacial score (nSPS) is 13.7. The van der Waals surface area contributed by atoms with Crippen LogP contribution in [0.4, 0.5) is 0 Å². The van der Waals surface area contributed by atoms with Gasteiger partial charge < -0.3 is 33.8 Å². The monoisotopic (exact) mass is 1550 g/mol. The lowest BCUT2D eigenvalue weighted by molar-refractivity contribution is -0.161. The Labute approximate surface area is 651 Å². The van der Waals surface area contributed by atoms with Crippen LogP contribution in [0.3, 0.4) is 0 Å². The van der Waals surface area contributed by atoms with Crippen molar-refractivity contribution in [1.29, 1.82) is 0 Å². The van der Waals surface area contributed by atoms with E-state index in [-0.39, 0.29) is 25.7 Å². The number of esters is 4. The fraction of sp³-hybridized carbons (Fsp3) is 0.954.